The summed E-state index contributed by atoms with van der Waals surface area (Å²) in [6.07, 6.45) is 4.90. The van der Waals surface area contributed by atoms with Gasteiger partial charge in [-0.2, -0.15) is 5.26 Å². The van der Waals surface area contributed by atoms with E-state index in [9.17, 15) is 0 Å². The molecule has 0 aliphatic carbocycles. The lowest BCUT2D eigenvalue weighted by atomic mass is 9.97. The molecule has 0 atom stereocenters. The first-order valence-electron chi connectivity index (χ1n) is 7.45. The molecule has 0 saturated heterocycles. The highest BCUT2D eigenvalue weighted by Crippen LogP contribution is 2.23. The second-order valence-corrected chi connectivity index (χ2v) is 5.64. The first kappa shape index (κ1) is 14.7. The summed E-state index contributed by atoms with van der Waals surface area (Å²) >= 11 is 0. The van der Waals surface area contributed by atoms with Crippen molar-refractivity contribution in [1.29, 1.82) is 5.26 Å². The summed E-state index contributed by atoms with van der Waals surface area (Å²) in [6, 6.07) is 10.0. The summed E-state index contributed by atoms with van der Waals surface area (Å²) in [5, 5.41) is 9.00. The van der Waals surface area contributed by atoms with Crippen LogP contribution in [0.15, 0.2) is 36.7 Å². The maximum absolute atomic E-state index is 9.00. The van der Waals surface area contributed by atoms with Crippen molar-refractivity contribution in [2.75, 3.05) is 13.7 Å². The average molecular weight is 293 g/mol. The molecule has 2 heterocycles. The maximum Gasteiger partial charge on any atom is 0.0991 e. The predicted octanol–water partition coefficient (Wildman–Crippen LogP) is 2.66. The van der Waals surface area contributed by atoms with Gasteiger partial charge in [0, 0.05) is 39.1 Å². The monoisotopic (exact) mass is 293 g/mol. The zero-order valence-corrected chi connectivity index (χ0v) is 12.7. The minimum atomic E-state index is 0.625. The fraction of sp³-hybridized carbons (Fsp3) is 0.333. The van der Waals surface area contributed by atoms with Crippen molar-refractivity contribution in [3.05, 3.63) is 64.5 Å². The lowest BCUT2D eigenvalue weighted by molar-refractivity contribution is 0.181. The molecule has 1 aliphatic heterocycles. The summed E-state index contributed by atoms with van der Waals surface area (Å²) in [7, 11) is 1.72. The van der Waals surface area contributed by atoms with Crippen molar-refractivity contribution in [3.8, 4) is 6.07 Å². The van der Waals surface area contributed by atoms with E-state index in [1.165, 1.54) is 22.3 Å². The van der Waals surface area contributed by atoms with Gasteiger partial charge in [-0.3, -0.25) is 9.88 Å². The van der Waals surface area contributed by atoms with Gasteiger partial charge in [0.05, 0.1) is 18.2 Å². The summed E-state index contributed by atoms with van der Waals surface area (Å²) in [4.78, 5) is 6.74. The molecule has 4 nitrogen and oxygen atoms in total. The molecule has 0 fully saturated rings. The largest absolute Gasteiger partial charge is 0.380 e. The highest BCUT2D eigenvalue weighted by Gasteiger charge is 2.19. The standard InChI is InChI=1S/C18H19N3O/c1-22-13-17-10-20-9-16-12-21(6-5-18(16)17)11-15-4-2-3-14(7-15)8-19/h2-4,7,9-10H,5-6,11-13H2,1H3. The van der Waals surface area contributed by atoms with Crippen LogP contribution in [-0.2, 0) is 30.9 Å². The predicted molar refractivity (Wildman–Crippen MR) is 83.9 cm³/mol. The molecule has 1 aromatic heterocycles. The highest BCUT2D eigenvalue weighted by molar-refractivity contribution is 5.35. The lowest BCUT2D eigenvalue weighted by Gasteiger charge is -2.29. The molecule has 4 heteroatoms. The molecule has 0 N–H and O–H groups in total. The Bertz CT molecular complexity index is 706. The smallest absolute Gasteiger partial charge is 0.0991 e. The number of benzene rings is 1. The zero-order valence-electron chi connectivity index (χ0n) is 12.7. The maximum atomic E-state index is 9.00. The summed E-state index contributed by atoms with van der Waals surface area (Å²) in [5.74, 6) is 0. The number of fused-ring (bicyclic) bond motifs is 1. The first-order chi connectivity index (χ1) is 10.8. The topological polar surface area (TPSA) is 49.1 Å². The summed E-state index contributed by atoms with van der Waals surface area (Å²) in [6.45, 7) is 3.41. The van der Waals surface area contributed by atoms with E-state index in [4.69, 9.17) is 10.00 Å². The Balaban J connectivity index is 1.74. The second kappa shape index (κ2) is 6.69. The van der Waals surface area contributed by atoms with Gasteiger partial charge in [0.15, 0.2) is 0 Å². The normalized spacial score (nSPS) is 14.4. The van der Waals surface area contributed by atoms with Crippen LogP contribution in [0.5, 0.6) is 0 Å². The third-order valence-electron chi connectivity index (χ3n) is 4.07. The Hall–Kier alpha value is -2.22. The fourth-order valence-electron chi connectivity index (χ4n) is 3.04. The fourth-order valence-corrected chi connectivity index (χ4v) is 3.04. The van der Waals surface area contributed by atoms with Crippen molar-refractivity contribution >= 4 is 0 Å². The Kier molecular flexibility index (Phi) is 4.47. The first-order valence-corrected chi connectivity index (χ1v) is 7.45. The number of aromatic nitrogens is 1. The van der Waals surface area contributed by atoms with Gasteiger partial charge in [0.2, 0.25) is 0 Å². The van der Waals surface area contributed by atoms with Crippen LogP contribution in [0.2, 0.25) is 0 Å². The highest BCUT2D eigenvalue weighted by atomic mass is 16.5. The number of nitriles is 1. The van der Waals surface area contributed by atoms with E-state index in [-0.39, 0.29) is 0 Å². The van der Waals surface area contributed by atoms with Crippen LogP contribution < -0.4 is 0 Å². The van der Waals surface area contributed by atoms with Crippen molar-refractivity contribution in [3.63, 3.8) is 0 Å². The van der Waals surface area contributed by atoms with E-state index >= 15 is 0 Å². The van der Waals surface area contributed by atoms with Crippen LogP contribution in [0.3, 0.4) is 0 Å². The van der Waals surface area contributed by atoms with Gasteiger partial charge in [-0.15, -0.1) is 0 Å². The van der Waals surface area contributed by atoms with Crippen LogP contribution in [-0.4, -0.2) is 23.5 Å². The molecular formula is C18H19N3O. The number of ether oxygens (including phenoxy) is 1. The second-order valence-electron chi connectivity index (χ2n) is 5.64. The van der Waals surface area contributed by atoms with Gasteiger partial charge >= 0.3 is 0 Å². The van der Waals surface area contributed by atoms with Gasteiger partial charge in [0.25, 0.3) is 0 Å². The molecule has 112 valence electrons. The van der Waals surface area contributed by atoms with Crippen LogP contribution in [0.25, 0.3) is 0 Å². The van der Waals surface area contributed by atoms with Gasteiger partial charge in [-0.25, -0.2) is 0 Å². The van der Waals surface area contributed by atoms with Crippen molar-refractivity contribution in [2.45, 2.75) is 26.1 Å². The molecular weight excluding hydrogens is 274 g/mol. The number of hydrogen-bond donors (Lipinski definition) is 0. The van der Waals surface area contributed by atoms with Crippen LogP contribution in [0.1, 0.15) is 27.8 Å². The quantitative estimate of drug-likeness (QED) is 0.869. The van der Waals surface area contributed by atoms with Crippen molar-refractivity contribution < 1.29 is 4.74 Å². The Labute approximate surface area is 131 Å². The molecule has 3 rings (SSSR count). The Morgan fingerprint density at radius 1 is 1.36 bits per heavy atom. The van der Waals surface area contributed by atoms with E-state index in [1.54, 1.807) is 7.11 Å². The molecule has 0 bridgehead atoms. The van der Waals surface area contributed by atoms with Gasteiger partial charge < -0.3 is 4.74 Å². The molecule has 0 unspecified atom stereocenters. The van der Waals surface area contributed by atoms with E-state index < -0.39 is 0 Å². The lowest BCUT2D eigenvalue weighted by Crippen LogP contribution is -2.31. The minimum Gasteiger partial charge on any atom is -0.380 e. The number of methoxy groups -OCH3 is 1. The Morgan fingerprint density at radius 2 is 2.27 bits per heavy atom. The minimum absolute atomic E-state index is 0.625. The Morgan fingerprint density at radius 3 is 3.09 bits per heavy atom. The summed E-state index contributed by atoms with van der Waals surface area (Å²) in [5.41, 5.74) is 5.78. The van der Waals surface area contributed by atoms with Crippen molar-refractivity contribution in [1.82, 2.24) is 9.88 Å². The van der Waals surface area contributed by atoms with Gasteiger partial charge in [0.1, 0.15) is 0 Å². The van der Waals surface area contributed by atoms with Crippen molar-refractivity contribution in [2.24, 2.45) is 0 Å². The molecule has 1 aliphatic rings. The number of pyridine rings is 1. The van der Waals surface area contributed by atoms with Crippen LogP contribution in [0.4, 0.5) is 0 Å². The molecule has 0 amide bonds. The van der Waals surface area contributed by atoms with E-state index in [0.717, 1.165) is 31.6 Å². The third-order valence-corrected chi connectivity index (χ3v) is 4.07. The average Bonchev–Trinajstić information content (AvgIpc) is 2.55. The zero-order chi connectivity index (χ0) is 15.4. The van der Waals surface area contributed by atoms with Gasteiger partial charge in [-0.1, -0.05) is 12.1 Å². The van der Waals surface area contributed by atoms with E-state index in [2.05, 4.69) is 22.0 Å². The molecule has 0 spiro atoms. The molecule has 1 aromatic carbocycles. The van der Waals surface area contributed by atoms with Crippen LogP contribution >= 0.6 is 0 Å². The third kappa shape index (κ3) is 3.16. The molecule has 22 heavy (non-hydrogen) atoms. The molecule has 0 radical (unpaired) electrons. The summed E-state index contributed by atoms with van der Waals surface area (Å²) < 4.78 is 5.26. The number of rotatable bonds is 4. The van der Waals surface area contributed by atoms with Gasteiger partial charge in [-0.05, 0) is 40.8 Å². The molecule has 2 aromatic rings. The van der Waals surface area contributed by atoms with Crippen LogP contribution in [0, 0.1) is 11.3 Å². The SMILES string of the molecule is COCc1cncc2c1CCN(Cc1cccc(C#N)c1)C2. The number of nitrogens with zero attached hydrogens (tertiary/aromatic N) is 3. The van der Waals surface area contributed by atoms with E-state index in [1.807, 2.05) is 30.6 Å². The molecule has 0 saturated carbocycles. The van der Waals surface area contributed by atoms with E-state index in [0.29, 0.717) is 6.61 Å². The number of hydrogen-bond acceptors (Lipinski definition) is 4.